The minimum absolute atomic E-state index is 0.194. The van der Waals surface area contributed by atoms with Crippen LogP contribution in [-0.2, 0) is 0 Å². The van der Waals surface area contributed by atoms with E-state index in [1.54, 1.807) is 11.1 Å². The standard InChI is InChI=1S/C37H33NO/c1-37(2)29-14-6-3-10-22(29)25-19-18-24-26(35(25)37)20-21-31-34(24)28-12-4-7-15-30(28)38(31)32-16-9-13-27-23-11-5-8-17-33(23)39-36(27)32/h4-5,7-21,24-26,31,34-35H,3,6H2,1-2H3. The number of benzene rings is 3. The van der Waals surface area contributed by atoms with Gasteiger partial charge in [-0.25, -0.2) is 0 Å². The average Bonchev–Trinajstić information content (AvgIpc) is 3.59. The number of rotatable bonds is 1. The maximum Gasteiger partial charge on any atom is 0.159 e. The van der Waals surface area contributed by atoms with Crippen LogP contribution < -0.4 is 4.90 Å². The van der Waals surface area contributed by atoms with Gasteiger partial charge in [0.15, 0.2) is 5.58 Å². The number of fused-ring (bicyclic) bond motifs is 12. The van der Waals surface area contributed by atoms with Gasteiger partial charge >= 0.3 is 0 Å². The van der Waals surface area contributed by atoms with Gasteiger partial charge in [0.25, 0.3) is 0 Å². The average molecular weight is 508 g/mol. The lowest BCUT2D eigenvalue weighted by Crippen LogP contribution is -2.43. The summed E-state index contributed by atoms with van der Waals surface area (Å²) in [6.07, 6.45) is 17.8. The molecule has 1 aromatic heterocycles. The highest BCUT2D eigenvalue weighted by Crippen LogP contribution is 2.65. The Balaban J connectivity index is 1.21. The highest BCUT2D eigenvalue weighted by molar-refractivity contribution is 6.09. The topological polar surface area (TPSA) is 16.4 Å². The molecule has 0 spiro atoms. The Morgan fingerprint density at radius 3 is 2.46 bits per heavy atom. The summed E-state index contributed by atoms with van der Waals surface area (Å²) in [6, 6.07) is 24.5. The molecule has 5 aliphatic rings. The normalized spacial score (nSPS) is 31.4. The number of allylic oxidation sites excluding steroid dienone is 7. The molecule has 4 aromatic rings. The van der Waals surface area contributed by atoms with Crippen LogP contribution in [-0.4, -0.2) is 6.04 Å². The van der Waals surface area contributed by atoms with E-state index in [-0.39, 0.29) is 11.5 Å². The molecule has 0 N–H and O–H groups in total. The maximum atomic E-state index is 6.54. The Hall–Kier alpha value is -3.78. The van der Waals surface area contributed by atoms with Crippen molar-refractivity contribution >= 4 is 33.3 Å². The molecule has 0 radical (unpaired) electrons. The van der Waals surface area contributed by atoms with Crippen molar-refractivity contribution in [1.29, 1.82) is 0 Å². The van der Waals surface area contributed by atoms with E-state index < -0.39 is 0 Å². The molecule has 192 valence electrons. The van der Waals surface area contributed by atoms with Gasteiger partial charge in [-0.05, 0) is 70.9 Å². The Morgan fingerprint density at radius 2 is 1.51 bits per heavy atom. The van der Waals surface area contributed by atoms with Crippen LogP contribution in [0.5, 0.6) is 0 Å². The molecule has 2 nitrogen and oxygen atoms in total. The van der Waals surface area contributed by atoms with Gasteiger partial charge in [0.05, 0.1) is 11.7 Å². The number of para-hydroxylation sites is 3. The number of hydrogen-bond acceptors (Lipinski definition) is 2. The first kappa shape index (κ1) is 22.1. The van der Waals surface area contributed by atoms with Crippen LogP contribution in [0.2, 0.25) is 0 Å². The second kappa shape index (κ2) is 7.66. The molecule has 6 atom stereocenters. The molecule has 4 aliphatic carbocycles. The largest absolute Gasteiger partial charge is 0.454 e. The van der Waals surface area contributed by atoms with Gasteiger partial charge in [0, 0.05) is 28.3 Å². The Kier molecular flexibility index (Phi) is 4.34. The third-order valence-corrected chi connectivity index (χ3v) is 10.7. The van der Waals surface area contributed by atoms with E-state index in [1.807, 2.05) is 0 Å². The van der Waals surface area contributed by atoms with E-state index in [9.17, 15) is 0 Å². The van der Waals surface area contributed by atoms with Crippen LogP contribution >= 0.6 is 0 Å². The molecule has 0 bridgehead atoms. The maximum absolute atomic E-state index is 6.54. The molecule has 1 aliphatic heterocycles. The lowest BCUT2D eigenvalue weighted by atomic mass is 9.58. The van der Waals surface area contributed by atoms with Gasteiger partial charge in [-0.3, -0.25) is 0 Å². The Morgan fingerprint density at radius 1 is 0.744 bits per heavy atom. The Labute approximate surface area is 230 Å². The quantitative estimate of drug-likeness (QED) is 0.239. The predicted molar refractivity (Wildman–Crippen MR) is 160 cm³/mol. The zero-order valence-electron chi connectivity index (χ0n) is 22.5. The van der Waals surface area contributed by atoms with Gasteiger partial charge in [-0.2, -0.15) is 0 Å². The van der Waals surface area contributed by atoms with Crippen LogP contribution in [0.25, 0.3) is 21.9 Å². The summed E-state index contributed by atoms with van der Waals surface area (Å²) < 4.78 is 6.54. The summed E-state index contributed by atoms with van der Waals surface area (Å²) in [6.45, 7) is 5.02. The molecular weight excluding hydrogens is 474 g/mol. The van der Waals surface area contributed by atoms with Crippen LogP contribution in [0.4, 0.5) is 11.4 Å². The summed E-state index contributed by atoms with van der Waals surface area (Å²) in [5.74, 6) is 2.61. The smallest absolute Gasteiger partial charge is 0.159 e. The van der Waals surface area contributed by atoms with Gasteiger partial charge in [0.2, 0.25) is 0 Å². The molecular formula is C37H33NO. The fraction of sp³-hybridized carbons (Fsp3) is 0.297. The summed E-state index contributed by atoms with van der Waals surface area (Å²) in [5, 5.41) is 2.38. The Bertz CT molecular complexity index is 1790. The predicted octanol–water partition coefficient (Wildman–Crippen LogP) is 9.48. The first-order valence-electron chi connectivity index (χ1n) is 14.7. The lowest BCUT2D eigenvalue weighted by molar-refractivity contribution is 0.144. The van der Waals surface area contributed by atoms with Crippen molar-refractivity contribution < 1.29 is 4.42 Å². The first-order valence-corrected chi connectivity index (χ1v) is 14.7. The van der Waals surface area contributed by atoms with Crippen LogP contribution in [0, 0.1) is 29.1 Å². The third kappa shape index (κ3) is 2.77. The highest BCUT2D eigenvalue weighted by atomic mass is 16.3. The summed E-state index contributed by atoms with van der Waals surface area (Å²) in [4.78, 5) is 2.57. The molecule has 39 heavy (non-hydrogen) atoms. The van der Waals surface area contributed by atoms with E-state index in [0.29, 0.717) is 29.6 Å². The van der Waals surface area contributed by atoms with E-state index in [4.69, 9.17) is 4.42 Å². The zero-order chi connectivity index (χ0) is 25.9. The van der Waals surface area contributed by atoms with Crippen molar-refractivity contribution in [2.45, 2.75) is 38.6 Å². The van der Waals surface area contributed by atoms with Crippen molar-refractivity contribution in [3.8, 4) is 0 Å². The van der Waals surface area contributed by atoms with Crippen molar-refractivity contribution in [3.63, 3.8) is 0 Å². The minimum Gasteiger partial charge on any atom is -0.454 e. The summed E-state index contributed by atoms with van der Waals surface area (Å²) in [7, 11) is 0. The monoisotopic (exact) mass is 507 g/mol. The van der Waals surface area contributed by atoms with Gasteiger partial charge < -0.3 is 9.32 Å². The molecule has 2 heteroatoms. The number of nitrogens with zero attached hydrogens (tertiary/aromatic N) is 1. The highest BCUT2D eigenvalue weighted by Gasteiger charge is 2.57. The SMILES string of the molecule is CC1(C)C2=CCCC=C2C2C=CC3C(C=CC4C3c3ccccc3N4c3cccc4c3oc3ccccc34)C21. The third-order valence-electron chi connectivity index (χ3n) is 10.7. The molecule has 6 unspecified atom stereocenters. The van der Waals surface area contributed by atoms with Gasteiger partial charge in [-0.15, -0.1) is 0 Å². The second-order valence-electron chi connectivity index (χ2n) is 12.7. The number of furan rings is 1. The number of anilines is 2. The van der Waals surface area contributed by atoms with E-state index in [0.717, 1.165) is 11.2 Å². The van der Waals surface area contributed by atoms with Crippen molar-refractivity contribution in [2.75, 3.05) is 4.90 Å². The molecule has 2 heterocycles. The molecule has 9 rings (SSSR count). The second-order valence-corrected chi connectivity index (χ2v) is 12.7. The molecule has 1 saturated carbocycles. The van der Waals surface area contributed by atoms with E-state index in [2.05, 4.69) is 122 Å². The van der Waals surface area contributed by atoms with E-state index in [1.165, 1.54) is 40.6 Å². The number of hydrogen-bond donors (Lipinski definition) is 0. The van der Waals surface area contributed by atoms with Crippen molar-refractivity contribution in [3.05, 3.63) is 120 Å². The fourth-order valence-electron chi connectivity index (χ4n) is 9.22. The lowest BCUT2D eigenvalue weighted by Gasteiger charge is -2.47. The molecule has 1 fully saturated rings. The van der Waals surface area contributed by atoms with E-state index >= 15 is 0 Å². The van der Waals surface area contributed by atoms with Crippen LogP contribution in [0.3, 0.4) is 0 Å². The molecule has 0 amide bonds. The first-order chi connectivity index (χ1) is 19.1. The molecule has 3 aromatic carbocycles. The van der Waals surface area contributed by atoms with Crippen LogP contribution in [0.1, 0.15) is 38.2 Å². The van der Waals surface area contributed by atoms with Crippen molar-refractivity contribution in [1.82, 2.24) is 0 Å². The fourth-order valence-corrected chi connectivity index (χ4v) is 9.22. The summed E-state index contributed by atoms with van der Waals surface area (Å²) in [5.41, 5.74) is 9.35. The van der Waals surface area contributed by atoms with Gasteiger partial charge in [-0.1, -0.05) is 98.8 Å². The van der Waals surface area contributed by atoms with Crippen LogP contribution in [0.15, 0.2) is 119 Å². The minimum atomic E-state index is 0.194. The summed E-state index contributed by atoms with van der Waals surface area (Å²) >= 11 is 0. The van der Waals surface area contributed by atoms with Gasteiger partial charge in [0.1, 0.15) is 5.58 Å². The van der Waals surface area contributed by atoms with Crippen molar-refractivity contribution in [2.24, 2.45) is 29.1 Å². The molecule has 0 saturated heterocycles. The zero-order valence-corrected chi connectivity index (χ0v) is 22.5.